The molecular formula is C27H51N5O16. The predicted molar refractivity (Wildman–Crippen MR) is 157 cm³/mol. The van der Waals surface area contributed by atoms with E-state index in [1.54, 1.807) is 0 Å². The van der Waals surface area contributed by atoms with E-state index in [1.807, 2.05) is 0 Å². The van der Waals surface area contributed by atoms with Gasteiger partial charge in [0.05, 0.1) is 31.4 Å². The van der Waals surface area contributed by atoms with Crippen LogP contribution in [-0.4, -0.2) is 195 Å². The Morgan fingerprint density at radius 3 is 1.92 bits per heavy atom. The van der Waals surface area contributed by atoms with E-state index in [9.17, 15) is 50.8 Å². The van der Waals surface area contributed by atoms with Gasteiger partial charge >= 0.3 is 0 Å². The summed E-state index contributed by atoms with van der Waals surface area (Å²) in [6.07, 6.45) is -23.5. The zero-order valence-electron chi connectivity index (χ0n) is 26.1. The molecule has 0 bridgehead atoms. The van der Waals surface area contributed by atoms with Crippen LogP contribution in [0.1, 0.15) is 19.3 Å². The van der Waals surface area contributed by atoms with Crippen molar-refractivity contribution in [3.8, 4) is 0 Å². The van der Waals surface area contributed by atoms with Crippen molar-refractivity contribution in [2.45, 2.75) is 136 Å². The second-order valence-corrected chi connectivity index (χ2v) is 12.6. The Balaban J connectivity index is 1.55. The smallest absolute Gasteiger partial charge is 0.249 e. The Morgan fingerprint density at radius 2 is 1.29 bits per heavy atom. The van der Waals surface area contributed by atoms with Gasteiger partial charge < -0.3 is 103 Å². The Morgan fingerprint density at radius 1 is 0.708 bits per heavy atom. The molecule has 21 heteroatoms. The third-order valence-electron chi connectivity index (χ3n) is 9.12. The quantitative estimate of drug-likeness (QED) is 0.0847. The number of rotatable bonds is 13. The minimum Gasteiger partial charge on any atom is -0.394 e. The molecule has 4 fully saturated rings. The summed E-state index contributed by atoms with van der Waals surface area (Å²) in [5, 5.41) is 96.0. The van der Waals surface area contributed by atoms with Crippen molar-refractivity contribution in [2.75, 3.05) is 26.3 Å². The number of carbonyl (C=O) groups is 1. The maximum Gasteiger partial charge on any atom is 0.249 e. The molecule has 1 aliphatic carbocycles. The fourth-order valence-corrected chi connectivity index (χ4v) is 6.31. The van der Waals surface area contributed by atoms with Gasteiger partial charge in [-0.2, -0.15) is 0 Å². The molecule has 3 saturated heterocycles. The van der Waals surface area contributed by atoms with E-state index >= 15 is 0 Å². The van der Waals surface area contributed by atoms with Crippen molar-refractivity contribution in [2.24, 2.45) is 22.9 Å². The summed E-state index contributed by atoms with van der Waals surface area (Å²) in [6.45, 7) is -1.54. The second-order valence-electron chi connectivity index (χ2n) is 12.6. The van der Waals surface area contributed by atoms with Crippen LogP contribution >= 0.6 is 0 Å². The van der Waals surface area contributed by atoms with Crippen LogP contribution in [0.3, 0.4) is 0 Å². The highest BCUT2D eigenvalue weighted by Crippen LogP contribution is 2.35. The molecule has 3 heterocycles. The number of nitrogens with one attached hydrogen (secondary N) is 1. The van der Waals surface area contributed by atoms with Gasteiger partial charge in [-0.1, -0.05) is 0 Å². The molecule has 18 N–H and O–H groups in total. The van der Waals surface area contributed by atoms with Crippen molar-refractivity contribution in [3.05, 3.63) is 0 Å². The summed E-state index contributed by atoms with van der Waals surface area (Å²) in [5.41, 5.74) is 23.6. The molecule has 48 heavy (non-hydrogen) atoms. The third kappa shape index (κ3) is 8.59. The average molecular weight is 702 g/mol. The summed E-state index contributed by atoms with van der Waals surface area (Å²) >= 11 is 0. The molecule has 19 unspecified atom stereocenters. The number of nitrogens with two attached hydrogens (primary N) is 4. The molecule has 0 aromatic carbocycles. The number of ether oxygens (including phenoxy) is 6. The van der Waals surface area contributed by atoms with Gasteiger partial charge in [-0.25, -0.2) is 0 Å². The maximum atomic E-state index is 12.6. The lowest BCUT2D eigenvalue weighted by Crippen LogP contribution is -2.67. The zero-order valence-corrected chi connectivity index (χ0v) is 26.1. The standard InChI is InChI=1S/C27H51N5O16/c28-2-1-11(35)24(42)32-10-3-8(30)21(46-25-9(31)4-12(36)14(6-33)44-25)23(16(10)37)48-27-20(41)22(15(7-34)45-27)47-26-19(40)18(39)17(38)13(5-29)43-26/h8-23,25-27,33-41H,1-7,28-31H2,(H,32,42). The Hall–Kier alpha value is -1.29. The summed E-state index contributed by atoms with van der Waals surface area (Å²) < 4.78 is 34.6. The summed E-state index contributed by atoms with van der Waals surface area (Å²) in [6, 6.07) is -3.05. The molecule has 0 aromatic rings. The first-order valence-corrected chi connectivity index (χ1v) is 15.9. The topological polar surface area (TPSA) is 371 Å². The van der Waals surface area contributed by atoms with Gasteiger partial charge in [0.2, 0.25) is 5.91 Å². The highest BCUT2D eigenvalue weighted by Gasteiger charge is 2.54. The number of amides is 1. The van der Waals surface area contributed by atoms with E-state index in [4.69, 9.17) is 51.4 Å². The van der Waals surface area contributed by atoms with Crippen molar-refractivity contribution in [1.82, 2.24) is 5.32 Å². The lowest BCUT2D eigenvalue weighted by molar-refractivity contribution is -0.313. The molecule has 1 amide bonds. The lowest BCUT2D eigenvalue weighted by Gasteiger charge is -2.47. The van der Waals surface area contributed by atoms with Crippen LogP contribution in [0.4, 0.5) is 0 Å². The molecule has 4 aliphatic rings. The van der Waals surface area contributed by atoms with Gasteiger partial charge in [0.1, 0.15) is 73.2 Å². The first-order valence-electron chi connectivity index (χ1n) is 15.9. The Labute approximate surface area is 275 Å². The Kier molecular flexibility index (Phi) is 14.2. The van der Waals surface area contributed by atoms with Crippen LogP contribution in [0, 0.1) is 0 Å². The Bertz CT molecular complexity index is 1020. The van der Waals surface area contributed by atoms with Crippen LogP contribution in [0.25, 0.3) is 0 Å². The first kappa shape index (κ1) is 39.5. The van der Waals surface area contributed by atoms with Gasteiger partial charge in [-0.15, -0.1) is 0 Å². The fourth-order valence-electron chi connectivity index (χ4n) is 6.31. The SMILES string of the molecule is NCCC(O)C(=O)NC1CC(N)C(OC2OC(CO)C(O)CC2N)C(OC2OC(CO)C(OC3OC(CN)C(O)C(O)C3O)C2O)C1O. The molecule has 0 aromatic heterocycles. The molecule has 0 radical (unpaired) electrons. The maximum absolute atomic E-state index is 12.6. The average Bonchev–Trinajstić information content (AvgIpc) is 3.35. The van der Waals surface area contributed by atoms with E-state index < -0.39 is 135 Å². The van der Waals surface area contributed by atoms with Gasteiger partial charge in [0.15, 0.2) is 18.9 Å². The molecule has 21 nitrogen and oxygen atoms in total. The molecular weight excluding hydrogens is 650 g/mol. The number of hydrogen-bond acceptors (Lipinski definition) is 20. The minimum atomic E-state index is -1.79. The first-order chi connectivity index (χ1) is 22.8. The van der Waals surface area contributed by atoms with Crippen molar-refractivity contribution in [1.29, 1.82) is 0 Å². The highest BCUT2D eigenvalue weighted by atomic mass is 16.8. The second kappa shape index (κ2) is 17.3. The largest absolute Gasteiger partial charge is 0.394 e. The fraction of sp³-hybridized carbons (Fsp3) is 0.963. The highest BCUT2D eigenvalue weighted by molar-refractivity contribution is 5.80. The van der Waals surface area contributed by atoms with Gasteiger partial charge in [0.25, 0.3) is 0 Å². The summed E-state index contributed by atoms with van der Waals surface area (Å²) in [7, 11) is 0. The molecule has 280 valence electrons. The zero-order chi connectivity index (χ0) is 35.4. The lowest BCUT2D eigenvalue weighted by atomic mass is 9.83. The van der Waals surface area contributed by atoms with E-state index in [-0.39, 0.29) is 32.4 Å². The predicted octanol–water partition coefficient (Wildman–Crippen LogP) is -8.93. The van der Waals surface area contributed by atoms with E-state index in [0.29, 0.717) is 0 Å². The number of aliphatic hydroxyl groups is 9. The summed E-state index contributed by atoms with van der Waals surface area (Å²) in [4.78, 5) is 12.6. The molecule has 19 atom stereocenters. The van der Waals surface area contributed by atoms with Crippen LogP contribution in [0.2, 0.25) is 0 Å². The molecule has 3 aliphatic heterocycles. The van der Waals surface area contributed by atoms with Gasteiger partial charge in [0, 0.05) is 12.6 Å². The van der Waals surface area contributed by atoms with Crippen molar-refractivity contribution < 1.29 is 79.2 Å². The van der Waals surface area contributed by atoms with Crippen molar-refractivity contribution >= 4 is 5.91 Å². The molecule has 4 rings (SSSR count). The van der Waals surface area contributed by atoms with Gasteiger partial charge in [-0.05, 0) is 25.8 Å². The number of carbonyl (C=O) groups excluding carboxylic acids is 1. The third-order valence-corrected chi connectivity index (χ3v) is 9.12. The van der Waals surface area contributed by atoms with E-state index in [1.165, 1.54) is 0 Å². The van der Waals surface area contributed by atoms with E-state index in [2.05, 4.69) is 5.32 Å². The minimum absolute atomic E-state index is 0.00958. The number of aliphatic hydroxyl groups excluding tert-OH is 9. The van der Waals surface area contributed by atoms with Crippen LogP contribution < -0.4 is 28.3 Å². The summed E-state index contributed by atoms with van der Waals surface area (Å²) in [5.74, 6) is -0.840. The molecule has 1 saturated carbocycles. The van der Waals surface area contributed by atoms with Crippen LogP contribution in [-0.2, 0) is 33.2 Å². The monoisotopic (exact) mass is 701 g/mol. The van der Waals surface area contributed by atoms with Gasteiger partial charge in [-0.3, -0.25) is 4.79 Å². The van der Waals surface area contributed by atoms with Crippen molar-refractivity contribution in [3.63, 3.8) is 0 Å². The normalized spacial score (nSPS) is 47.5. The number of hydrogen-bond donors (Lipinski definition) is 14. The molecule has 0 spiro atoms. The van der Waals surface area contributed by atoms with Crippen LogP contribution in [0.15, 0.2) is 0 Å². The van der Waals surface area contributed by atoms with Crippen LogP contribution in [0.5, 0.6) is 0 Å². The van der Waals surface area contributed by atoms with E-state index in [0.717, 1.165) is 0 Å².